The van der Waals surface area contributed by atoms with Gasteiger partial charge in [-0.15, -0.1) is 0 Å². The summed E-state index contributed by atoms with van der Waals surface area (Å²) in [5.74, 6) is 0.396. The highest BCUT2D eigenvalue weighted by Crippen LogP contribution is 2.29. The van der Waals surface area contributed by atoms with Crippen molar-refractivity contribution in [2.24, 2.45) is 5.92 Å². The van der Waals surface area contributed by atoms with Gasteiger partial charge in [0, 0.05) is 38.9 Å². The number of hydrogen-bond donors (Lipinski definition) is 1. The van der Waals surface area contributed by atoms with Crippen LogP contribution in [0.4, 0.5) is 0 Å². The molecule has 1 N–H and O–H groups in total. The topological polar surface area (TPSA) is 63.9 Å². The van der Waals surface area contributed by atoms with Gasteiger partial charge in [0.05, 0.1) is 24.7 Å². The van der Waals surface area contributed by atoms with E-state index in [0.717, 1.165) is 44.6 Å². The maximum Gasteiger partial charge on any atom is 0.246 e. The number of carbonyl (C=O) groups excluding carboxylic acids is 1. The van der Waals surface area contributed by atoms with Gasteiger partial charge >= 0.3 is 0 Å². The van der Waals surface area contributed by atoms with Crippen molar-refractivity contribution >= 4 is 5.91 Å². The number of amides is 1. The van der Waals surface area contributed by atoms with E-state index in [2.05, 4.69) is 10.2 Å². The van der Waals surface area contributed by atoms with Crippen molar-refractivity contribution in [1.29, 1.82) is 0 Å². The van der Waals surface area contributed by atoms with E-state index in [-0.39, 0.29) is 24.7 Å². The number of nitrogens with one attached hydrogen (secondary N) is 1. The first-order valence-corrected chi connectivity index (χ1v) is 7.89. The Morgan fingerprint density at radius 3 is 3.18 bits per heavy atom. The Bertz CT molecular complexity index is 477. The predicted octanol–water partition coefficient (Wildman–Crippen LogP) is 1.02. The summed E-state index contributed by atoms with van der Waals surface area (Å²) in [4.78, 5) is 14.3. The van der Waals surface area contributed by atoms with Gasteiger partial charge in [-0.1, -0.05) is 0 Å². The molecule has 22 heavy (non-hydrogen) atoms. The van der Waals surface area contributed by atoms with Gasteiger partial charge in [0.1, 0.15) is 6.61 Å². The Morgan fingerprint density at radius 1 is 1.50 bits per heavy atom. The number of fused-ring (bicyclic) bond motifs is 1. The number of likely N-dealkylation sites (tertiary alicyclic amines) is 1. The third-order valence-electron chi connectivity index (χ3n) is 4.45. The number of furan rings is 1. The van der Waals surface area contributed by atoms with Gasteiger partial charge in [-0.05, 0) is 24.8 Å². The zero-order chi connectivity index (χ0) is 15.4. The minimum absolute atomic E-state index is 0.0219. The molecule has 1 aromatic rings. The van der Waals surface area contributed by atoms with E-state index in [1.54, 1.807) is 12.5 Å². The molecule has 0 bridgehead atoms. The van der Waals surface area contributed by atoms with E-state index in [1.807, 2.05) is 6.07 Å². The molecule has 1 amide bonds. The highest BCUT2D eigenvalue weighted by molar-refractivity contribution is 5.77. The number of rotatable bonds is 5. The minimum atomic E-state index is -0.0782. The molecule has 3 atom stereocenters. The molecule has 1 aromatic heterocycles. The van der Waals surface area contributed by atoms with Crippen LogP contribution in [0.3, 0.4) is 0 Å². The first kappa shape index (κ1) is 15.5. The fourth-order valence-electron chi connectivity index (χ4n) is 3.57. The lowest BCUT2D eigenvalue weighted by Crippen LogP contribution is -2.61. The lowest BCUT2D eigenvalue weighted by molar-refractivity contribution is -0.131. The molecule has 0 spiro atoms. The van der Waals surface area contributed by atoms with Crippen LogP contribution in [-0.2, 0) is 20.8 Å². The maximum absolute atomic E-state index is 11.9. The van der Waals surface area contributed by atoms with Crippen LogP contribution in [0.25, 0.3) is 0 Å². The van der Waals surface area contributed by atoms with E-state index < -0.39 is 0 Å². The molecule has 3 rings (SSSR count). The summed E-state index contributed by atoms with van der Waals surface area (Å²) in [5.41, 5.74) is 1.16. The Hall–Kier alpha value is -1.37. The monoisotopic (exact) mass is 308 g/mol. The van der Waals surface area contributed by atoms with Crippen molar-refractivity contribution in [2.75, 3.05) is 33.4 Å². The van der Waals surface area contributed by atoms with Crippen LogP contribution in [0.1, 0.15) is 18.4 Å². The van der Waals surface area contributed by atoms with Crippen molar-refractivity contribution in [3.05, 3.63) is 24.2 Å². The zero-order valence-electron chi connectivity index (χ0n) is 13.0. The number of ether oxygens (including phenoxy) is 2. The van der Waals surface area contributed by atoms with Gasteiger partial charge in [-0.2, -0.15) is 0 Å². The molecule has 6 nitrogen and oxygen atoms in total. The first-order valence-electron chi connectivity index (χ1n) is 7.89. The number of carbonyl (C=O) groups is 1. The molecule has 0 unspecified atom stereocenters. The summed E-state index contributed by atoms with van der Waals surface area (Å²) in [6, 6.07) is 2.01. The maximum atomic E-state index is 11.9. The van der Waals surface area contributed by atoms with Crippen LogP contribution in [0.15, 0.2) is 23.0 Å². The van der Waals surface area contributed by atoms with Crippen molar-refractivity contribution in [3.8, 4) is 0 Å². The predicted molar refractivity (Wildman–Crippen MR) is 80.3 cm³/mol. The third-order valence-corrected chi connectivity index (χ3v) is 4.45. The molecule has 3 heterocycles. The first-order chi connectivity index (χ1) is 10.8. The van der Waals surface area contributed by atoms with Crippen molar-refractivity contribution < 1.29 is 18.7 Å². The van der Waals surface area contributed by atoms with Gasteiger partial charge in [-0.25, -0.2) is 0 Å². The normalized spacial score (nSPS) is 29.0. The van der Waals surface area contributed by atoms with Crippen LogP contribution < -0.4 is 5.32 Å². The lowest BCUT2D eigenvalue weighted by Gasteiger charge is -2.46. The SMILES string of the molecule is COCC(=O)N[C@@H]1CN(Cc2ccoc2)C[C@@H]2CCCO[C@@H]21. The van der Waals surface area contributed by atoms with Crippen LogP contribution in [0.5, 0.6) is 0 Å². The summed E-state index contributed by atoms with van der Waals surface area (Å²) < 4.78 is 16.0. The average Bonchev–Trinajstić information content (AvgIpc) is 3.00. The Labute approximate surface area is 130 Å². The van der Waals surface area contributed by atoms with Crippen LogP contribution in [0.2, 0.25) is 0 Å². The molecule has 0 saturated carbocycles. The number of nitrogens with zero attached hydrogens (tertiary/aromatic N) is 1. The van der Waals surface area contributed by atoms with Gasteiger partial charge in [0.2, 0.25) is 5.91 Å². The number of methoxy groups -OCH3 is 1. The number of piperidine rings is 1. The fourth-order valence-corrected chi connectivity index (χ4v) is 3.57. The van der Waals surface area contributed by atoms with Gasteiger partial charge < -0.3 is 19.2 Å². The Balaban J connectivity index is 1.66. The molecular formula is C16H24N2O4. The van der Waals surface area contributed by atoms with Crippen LogP contribution in [-0.4, -0.2) is 56.4 Å². The van der Waals surface area contributed by atoms with Crippen molar-refractivity contribution in [3.63, 3.8) is 0 Å². The van der Waals surface area contributed by atoms with Crippen LogP contribution in [0, 0.1) is 5.92 Å². The van der Waals surface area contributed by atoms with Crippen molar-refractivity contribution in [1.82, 2.24) is 10.2 Å². The highest BCUT2D eigenvalue weighted by atomic mass is 16.5. The van der Waals surface area contributed by atoms with E-state index in [1.165, 1.54) is 7.11 Å². The Kier molecular flexibility index (Phi) is 5.12. The van der Waals surface area contributed by atoms with E-state index in [0.29, 0.717) is 5.92 Å². The van der Waals surface area contributed by atoms with E-state index >= 15 is 0 Å². The standard InChI is InChI=1S/C16H24N2O4/c1-20-11-15(19)17-14-9-18(7-12-4-6-21-10-12)8-13-3-2-5-22-16(13)14/h4,6,10,13-14,16H,2-3,5,7-9,11H2,1H3,(H,17,19)/t13-,14+,16-/m0/s1. The molecule has 0 radical (unpaired) electrons. The van der Waals surface area contributed by atoms with Crippen LogP contribution >= 0.6 is 0 Å². The summed E-state index contributed by atoms with van der Waals surface area (Å²) >= 11 is 0. The molecule has 0 aliphatic carbocycles. The molecule has 2 aliphatic rings. The molecule has 2 saturated heterocycles. The molecule has 6 heteroatoms. The van der Waals surface area contributed by atoms with Gasteiger partial charge in [-0.3, -0.25) is 9.69 Å². The molecule has 122 valence electrons. The largest absolute Gasteiger partial charge is 0.472 e. The second kappa shape index (κ2) is 7.26. The lowest BCUT2D eigenvalue weighted by atomic mass is 9.85. The fraction of sp³-hybridized carbons (Fsp3) is 0.688. The molecule has 2 fully saturated rings. The van der Waals surface area contributed by atoms with Crippen molar-refractivity contribution in [2.45, 2.75) is 31.5 Å². The second-order valence-electron chi connectivity index (χ2n) is 6.17. The zero-order valence-corrected chi connectivity index (χ0v) is 13.0. The smallest absolute Gasteiger partial charge is 0.246 e. The average molecular weight is 308 g/mol. The van der Waals surface area contributed by atoms with E-state index in [9.17, 15) is 4.79 Å². The molecular weight excluding hydrogens is 284 g/mol. The third kappa shape index (κ3) is 3.69. The summed E-state index contributed by atoms with van der Waals surface area (Å²) in [5, 5.41) is 3.07. The van der Waals surface area contributed by atoms with Gasteiger partial charge in [0.25, 0.3) is 0 Å². The summed E-state index contributed by atoms with van der Waals surface area (Å²) in [7, 11) is 1.53. The highest BCUT2D eigenvalue weighted by Gasteiger charge is 2.39. The molecule has 2 aliphatic heterocycles. The van der Waals surface area contributed by atoms with E-state index in [4.69, 9.17) is 13.9 Å². The van der Waals surface area contributed by atoms with Gasteiger partial charge in [0.15, 0.2) is 0 Å². The Morgan fingerprint density at radius 2 is 2.41 bits per heavy atom. The minimum Gasteiger partial charge on any atom is -0.472 e. The number of hydrogen-bond acceptors (Lipinski definition) is 5. The quantitative estimate of drug-likeness (QED) is 0.880. The molecule has 0 aromatic carbocycles. The second-order valence-corrected chi connectivity index (χ2v) is 6.17. The summed E-state index contributed by atoms with van der Waals surface area (Å²) in [6.07, 6.45) is 5.85. The summed E-state index contributed by atoms with van der Waals surface area (Å²) in [6.45, 7) is 3.53.